The molecule has 0 bridgehead atoms. The molecule has 0 radical (unpaired) electrons. The van der Waals surface area contributed by atoms with E-state index in [0.29, 0.717) is 38.9 Å². The van der Waals surface area contributed by atoms with Gasteiger partial charge in [-0.1, -0.05) is 0 Å². The molecule has 2 N–H and O–H groups in total. The van der Waals surface area contributed by atoms with Gasteiger partial charge in [-0.25, -0.2) is 4.72 Å². The molecule has 2 rings (SSSR count). The molecule has 9 heteroatoms. The minimum absolute atomic E-state index is 0.0455. The molecular formula is C12H20N4O4S. The lowest BCUT2D eigenvalue weighted by molar-refractivity contribution is -0.142. The third-order valence-electron chi connectivity index (χ3n) is 3.48. The number of hydrogen-bond acceptors (Lipinski definition) is 4. The van der Waals surface area contributed by atoms with Gasteiger partial charge in [0, 0.05) is 38.6 Å². The average Bonchev–Trinajstić information content (AvgIpc) is 2.97. The smallest absolute Gasteiger partial charge is 0.307 e. The Labute approximate surface area is 123 Å². The van der Waals surface area contributed by atoms with E-state index in [2.05, 4.69) is 9.82 Å². The van der Waals surface area contributed by atoms with Crippen LogP contribution in [0.2, 0.25) is 0 Å². The normalized spacial score (nSPS) is 20.5. The van der Waals surface area contributed by atoms with Gasteiger partial charge in [0.15, 0.2) is 0 Å². The van der Waals surface area contributed by atoms with Crippen molar-refractivity contribution in [2.75, 3.05) is 19.6 Å². The second-order valence-electron chi connectivity index (χ2n) is 5.06. The molecule has 1 aliphatic heterocycles. The Kier molecular flexibility index (Phi) is 5.32. The molecule has 21 heavy (non-hydrogen) atoms. The largest absolute Gasteiger partial charge is 0.481 e. The second-order valence-corrected chi connectivity index (χ2v) is 6.81. The molecule has 1 unspecified atom stereocenters. The van der Waals surface area contributed by atoms with Crippen LogP contribution in [0, 0.1) is 5.92 Å². The van der Waals surface area contributed by atoms with Crippen LogP contribution < -0.4 is 4.72 Å². The van der Waals surface area contributed by atoms with E-state index in [0.717, 1.165) is 0 Å². The van der Waals surface area contributed by atoms with Crippen molar-refractivity contribution in [1.82, 2.24) is 18.8 Å². The van der Waals surface area contributed by atoms with Gasteiger partial charge in [0.1, 0.15) is 0 Å². The van der Waals surface area contributed by atoms with Crippen LogP contribution in [0.1, 0.15) is 19.3 Å². The first-order valence-electron chi connectivity index (χ1n) is 6.94. The molecule has 0 aliphatic carbocycles. The summed E-state index contributed by atoms with van der Waals surface area (Å²) in [6.07, 6.45) is 5.21. The summed E-state index contributed by atoms with van der Waals surface area (Å²) in [5, 5.41) is 13.0. The standard InChI is InChI=1S/C12H20N4O4S/c17-12(18)11-4-1-9-16(10-11)21(19,20)14-6-3-8-15-7-2-5-13-15/h2,5,7,11,14H,1,3-4,6,8-10H2,(H,17,18). The van der Waals surface area contributed by atoms with Gasteiger partial charge in [-0.2, -0.15) is 17.8 Å². The quantitative estimate of drug-likeness (QED) is 0.684. The van der Waals surface area contributed by atoms with E-state index in [9.17, 15) is 13.2 Å². The Balaban J connectivity index is 1.79. The number of carbonyl (C=O) groups is 1. The summed E-state index contributed by atoms with van der Waals surface area (Å²) < 4.78 is 29.7. The highest BCUT2D eigenvalue weighted by Crippen LogP contribution is 2.18. The van der Waals surface area contributed by atoms with Crippen molar-refractivity contribution < 1.29 is 18.3 Å². The van der Waals surface area contributed by atoms with Crippen LogP contribution in [-0.2, 0) is 21.5 Å². The number of hydrogen-bond donors (Lipinski definition) is 2. The summed E-state index contributed by atoms with van der Waals surface area (Å²) in [6, 6.07) is 1.81. The van der Waals surface area contributed by atoms with E-state index in [1.807, 2.05) is 12.3 Å². The number of aromatic nitrogens is 2. The maximum absolute atomic E-state index is 12.1. The lowest BCUT2D eigenvalue weighted by atomic mass is 10.0. The third kappa shape index (κ3) is 4.51. The topological polar surface area (TPSA) is 105 Å². The fourth-order valence-electron chi connectivity index (χ4n) is 2.33. The predicted octanol–water partition coefficient (Wildman–Crippen LogP) is -0.0958. The zero-order chi connectivity index (χ0) is 15.3. The lowest BCUT2D eigenvalue weighted by Gasteiger charge is -2.29. The van der Waals surface area contributed by atoms with Crippen LogP contribution in [0.3, 0.4) is 0 Å². The SMILES string of the molecule is O=C(O)C1CCCN(S(=O)(=O)NCCCn2cccn2)C1. The maximum atomic E-state index is 12.1. The molecule has 0 amide bonds. The molecule has 1 atom stereocenters. The molecule has 0 aromatic carbocycles. The van der Waals surface area contributed by atoms with Gasteiger partial charge in [-0.15, -0.1) is 0 Å². The van der Waals surface area contributed by atoms with E-state index < -0.39 is 22.1 Å². The molecular weight excluding hydrogens is 296 g/mol. The number of carboxylic acids is 1. The Bertz CT molecular complexity index is 558. The van der Waals surface area contributed by atoms with E-state index in [4.69, 9.17) is 5.11 Å². The minimum atomic E-state index is -3.60. The Hall–Kier alpha value is -1.45. The first-order chi connectivity index (χ1) is 9.99. The van der Waals surface area contributed by atoms with Crippen LogP contribution in [0.25, 0.3) is 0 Å². The van der Waals surface area contributed by atoms with Crippen LogP contribution in [0.15, 0.2) is 18.5 Å². The summed E-state index contributed by atoms with van der Waals surface area (Å²) in [7, 11) is -3.60. The van der Waals surface area contributed by atoms with Crippen molar-refractivity contribution in [3.63, 3.8) is 0 Å². The van der Waals surface area contributed by atoms with Crippen molar-refractivity contribution in [1.29, 1.82) is 0 Å². The highest BCUT2D eigenvalue weighted by atomic mass is 32.2. The number of aliphatic carboxylic acids is 1. The second kappa shape index (κ2) is 7.01. The fourth-order valence-corrected chi connectivity index (χ4v) is 3.66. The van der Waals surface area contributed by atoms with Crippen molar-refractivity contribution in [2.24, 2.45) is 5.92 Å². The summed E-state index contributed by atoms with van der Waals surface area (Å²) in [5.74, 6) is -1.55. The number of carboxylic acid groups (broad SMARTS) is 1. The molecule has 118 valence electrons. The van der Waals surface area contributed by atoms with Crippen molar-refractivity contribution >= 4 is 16.2 Å². The average molecular weight is 316 g/mol. The number of aryl methyl sites for hydroxylation is 1. The monoisotopic (exact) mass is 316 g/mol. The van der Waals surface area contributed by atoms with E-state index >= 15 is 0 Å². The molecule has 1 saturated heterocycles. The number of nitrogens with zero attached hydrogens (tertiary/aromatic N) is 3. The van der Waals surface area contributed by atoms with Gasteiger partial charge in [-0.05, 0) is 25.3 Å². The van der Waals surface area contributed by atoms with Gasteiger partial charge < -0.3 is 5.11 Å². The molecule has 2 heterocycles. The van der Waals surface area contributed by atoms with Crippen LogP contribution >= 0.6 is 0 Å². The zero-order valence-corrected chi connectivity index (χ0v) is 12.5. The van der Waals surface area contributed by atoms with Gasteiger partial charge >= 0.3 is 5.97 Å². The van der Waals surface area contributed by atoms with Gasteiger partial charge in [-0.3, -0.25) is 9.48 Å². The van der Waals surface area contributed by atoms with Crippen molar-refractivity contribution in [3.05, 3.63) is 18.5 Å². The number of nitrogens with one attached hydrogen (secondary N) is 1. The van der Waals surface area contributed by atoms with Gasteiger partial charge in [0.05, 0.1) is 5.92 Å². The molecule has 1 aromatic heterocycles. The van der Waals surface area contributed by atoms with E-state index in [1.54, 1.807) is 10.9 Å². The maximum Gasteiger partial charge on any atom is 0.307 e. The predicted molar refractivity (Wildman–Crippen MR) is 75.7 cm³/mol. The highest BCUT2D eigenvalue weighted by Gasteiger charge is 2.31. The third-order valence-corrected chi connectivity index (χ3v) is 5.06. The fraction of sp³-hybridized carbons (Fsp3) is 0.667. The highest BCUT2D eigenvalue weighted by molar-refractivity contribution is 7.87. The summed E-state index contributed by atoms with van der Waals surface area (Å²) in [4.78, 5) is 11.0. The van der Waals surface area contributed by atoms with E-state index in [1.165, 1.54) is 4.31 Å². The summed E-state index contributed by atoms with van der Waals surface area (Å²) >= 11 is 0. The van der Waals surface area contributed by atoms with Crippen LogP contribution in [0.5, 0.6) is 0 Å². The Morgan fingerprint density at radius 1 is 1.48 bits per heavy atom. The molecule has 1 aromatic rings. The molecule has 1 fully saturated rings. The number of piperidine rings is 1. The summed E-state index contributed by atoms with van der Waals surface area (Å²) in [6.45, 7) is 1.35. The molecule has 8 nitrogen and oxygen atoms in total. The molecule has 1 aliphatic rings. The first-order valence-corrected chi connectivity index (χ1v) is 8.38. The Morgan fingerprint density at radius 3 is 2.95 bits per heavy atom. The lowest BCUT2D eigenvalue weighted by Crippen LogP contribution is -2.47. The minimum Gasteiger partial charge on any atom is -0.481 e. The number of rotatable bonds is 7. The molecule has 0 saturated carbocycles. The van der Waals surface area contributed by atoms with Crippen molar-refractivity contribution in [2.45, 2.75) is 25.8 Å². The molecule has 0 spiro atoms. The first kappa shape index (κ1) is 15.9. The zero-order valence-electron chi connectivity index (χ0n) is 11.7. The van der Waals surface area contributed by atoms with E-state index in [-0.39, 0.29) is 6.54 Å². The van der Waals surface area contributed by atoms with Gasteiger partial charge in [0.25, 0.3) is 10.2 Å². The van der Waals surface area contributed by atoms with Crippen LogP contribution in [0.4, 0.5) is 0 Å². The van der Waals surface area contributed by atoms with Crippen molar-refractivity contribution in [3.8, 4) is 0 Å². The van der Waals surface area contributed by atoms with Gasteiger partial charge in [0.2, 0.25) is 0 Å². The summed E-state index contributed by atoms with van der Waals surface area (Å²) in [5.41, 5.74) is 0. The Morgan fingerprint density at radius 2 is 2.29 bits per heavy atom. The van der Waals surface area contributed by atoms with Crippen LogP contribution in [-0.4, -0.2) is 53.2 Å².